The molecule has 0 bridgehead atoms. The van der Waals surface area contributed by atoms with E-state index >= 15 is 0 Å². The van der Waals surface area contributed by atoms with Crippen molar-refractivity contribution in [2.75, 3.05) is 13.2 Å². The van der Waals surface area contributed by atoms with Crippen LogP contribution in [0.25, 0.3) is 0 Å². The maximum Gasteiger partial charge on any atom is 0.130 e. The van der Waals surface area contributed by atoms with Gasteiger partial charge in [-0.05, 0) is 43.9 Å². The Hall–Kier alpha value is -1.39. The second-order valence-corrected chi connectivity index (χ2v) is 6.55. The van der Waals surface area contributed by atoms with Gasteiger partial charge in [0.05, 0.1) is 0 Å². The molecule has 4 nitrogen and oxygen atoms in total. The van der Waals surface area contributed by atoms with E-state index in [0.717, 1.165) is 17.7 Å². The van der Waals surface area contributed by atoms with Crippen molar-refractivity contribution in [1.29, 1.82) is 0 Å². The summed E-state index contributed by atoms with van der Waals surface area (Å²) in [5, 5.41) is 13.4. The predicted octanol–water partition coefficient (Wildman–Crippen LogP) is 2.87. The van der Waals surface area contributed by atoms with Crippen LogP contribution in [0.3, 0.4) is 0 Å². The summed E-state index contributed by atoms with van der Waals surface area (Å²) in [7, 11) is 0. The van der Waals surface area contributed by atoms with Crippen LogP contribution in [-0.4, -0.2) is 36.2 Å². The third kappa shape index (κ3) is 7.14. The summed E-state index contributed by atoms with van der Waals surface area (Å²) < 4.78 is 5.63. The molecular formula is C19H29NO3. The van der Waals surface area contributed by atoms with E-state index < -0.39 is 6.10 Å². The number of hydrogen-bond donors (Lipinski definition) is 2. The highest BCUT2D eigenvalue weighted by molar-refractivity contribution is 5.75. The van der Waals surface area contributed by atoms with Crippen LogP contribution in [0.2, 0.25) is 0 Å². The Labute approximate surface area is 139 Å². The van der Waals surface area contributed by atoms with Gasteiger partial charge in [0.2, 0.25) is 0 Å². The lowest BCUT2D eigenvalue weighted by Crippen LogP contribution is -2.38. The molecule has 1 aromatic carbocycles. The maximum atomic E-state index is 11.0. The van der Waals surface area contributed by atoms with Crippen molar-refractivity contribution in [3.8, 4) is 5.75 Å². The summed E-state index contributed by atoms with van der Waals surface area (Å²) in [5.41, 5.74) is 1.13. The number of carbonyl (C=O) groups excluding carboxylic acids is 1. The van der Waals surface area contributed by atoms with Crippen molar-refractivity contribution in [1.82, 2.24) is 5.32 Å². The first kappa shape index (κ1) is 18.0. The average molecular weight is 319 g/mol. The van der Waals surface area contributed by atoms with Gasteiger partial charge in [-0.25, -0.2) is 0 Å². The van der Waals surface area contributed by atoms with Gasteiger partial charge in [-0.1, -0.05) is 31.4 Å². The summed E-state index contributed by atoms with van der Waals surface area (Å²) in [6.07, 6.45) is 7.21. The van der Waals surface area contributed by atoms with Crippen molar-refractivity contribution in [3.63, 3.8) is 0 Å². The molecule has 1 saturated carbocycles. The Morgan fingerprint density at radius 2 is 1.96 bits per heavy atom. The standard InChI is InChI=1S/C19H29NO3/c1-15(21)7-8-16-9-11-19(12-10-16)23-14-18(22)13-20-17-5-3-2-4-6-17/h9-12,17-18,20,22H,2-8,13-14H2,1H3. The minimum absolute atomic E-state index is 0.207. The number of hydrogen-bond acceptors (Lipinski definition) is 4. The molecule has 0 aliphatic heterocycles. The smallest absolute Gasteiger partial charge is 0.130 e. The van der Waals surface area contributed by atoms with Crippen LogP contribution in [0.4, 0.5) is 0 Å². The first-order chi connectivity index (χ1) is 11.1. The van der Waals surface area contributed by atoms with Crippen LogP contribution in [0, 0.1) is 0 Å². The van der Waals surface area contributed by atoms with E-state index in [2.05, 4.69) is 5.32 Å². The van der Waals surface area contributed by atoms with Gasteiger partial charge in [0, 0.05) is 19.0 Å². The third-order valence-electron chi connectivity index (χ3n) is 4.38. The molecule has 0 spiro atoms. The van der Waals surface area contributed by atoms with E-state index in [9.17, 15) is 9.90 Å². The number of Topliss-reactive ketones (excluding diaryl/α,β-unsaturated/α-hetero) is 1. The zero-order valence-electron chi connectivity index (χ0n) is 14.1. The summed E-state index contributed by atoms with van der Waals surface area (Å²) >= 11 is 0. The number of ether oxygens (including phenoxy) is 1. The zero-order valence-corrected chi connectivity index (χ0v) is 14.1. The highest BCUT2D eigenvalue weighted by Crippen LogP contribution is 2.17. The Morgan fingerprint density at radius 1 is 1.26 bits per heavy atom. The van der Waals surface area contributed by atoms with Gasteiger partial charge in [0.1, 0.15) is 24.2 Å². The van der Waals surface area contributed by atoms with Crippen LogP contribution in [-0.2, 0) is 11.2 Å². The molecular weight excluding hydrogens is 290 g/mol. The molecule has 0 aromatic heterocycles. The van der Waals surface area contributed by atoms with E-state index in [1.165, 1.54) is 32.1 Å². The SMILES string of the molecule is CC(=O)CCc1ccc(OCC(O)CNC2CCCCC2)cc1. The Balaban J connectivity index is 1.65. The van der Waals surface area contributed by atoms with Crippen molar-refractivity contribution in [3.05, 3.63) is 29.8 Å². The van der Waals surface area contributed by atoms with Gasteiger partial charge in [0.25, 0.3) is 0 Å². The zero-order chi connectivity index (χ0) is 16.5. The first-order valence-corrected chi connectivity index (χ1v) is 8.76. The molecule has 4 heteroatoms. The monoisotopic (exact) mass is 319 g/mol. The minimum Gasteiger partial charge on any atom is -0.491 e. The normalized spacial score (nSPS) is 17.0. The topological polar surface area (TPSA) is 58.6 Å². The molecule has 2 N–H and O–H groups in total. The van der Waals surface area contributed by atoms with E-state index in [0.29, 0.717) is 25.6 Å². The third-order valence-corrected chi connectivity index (χ3v) is 4.38. The number of benzene rings is 1. The van der Waals surface area contributed by atoms with E-state index in [-0.39, 0.29) is 5.78 Å². The number of aliphatic hydroxyl groups excluding tert-OH is 1. The highest BCUT2D eigenvalue weighted by Gasteiger charge is 2.14. The van der Waals surface area contributed by atoms with E-state index in [4.69, 9.17) is 4.74 Å². The van der Waals surface area contributed by atoms with Gasteiger partial charge >= 0.3 is 0 Å². The van der Waals surface area contributed by atoms with Crippen LogP contribution in [0.15, 0.2) is 24.3 Å². The van der Waals surface area contributed by atoms with Crippen LogP contribution in [0.1, 0.15) is 51.0 Å². The second-order valence-electron chi connectivity index (χ2n) is 6.55. The molecule has 0 radical (unpaired) electrons. The molecule has 0 amide bonds. The fourth-order valence-corrected chi connectivity index (χ4v) is 2.93. The lowest BCUT2D eigenvalue weighted by Gasteiger charge is -2.24. The Morgan fingerprint density at radius 3 is 2.61 bits per heavy atom. The average Bonchev–Trinajstić information content (AvgIpc) is 2.58. The van der Waals surface area contributed by atoms with Crippen LogP contribution < -0.4 is 10.1 Å². The quantitative estimate of drug-likeness (QED) is 0.735. The van der Waals surface area contributed by atoms with Crippen molar-refractivity contribution in [2.24, 2.45) is 0 Å². The van der Waals surface area contributed by atoms with Crippen molar-refractivity contribution >= 4 is 5.78 Å². The maximum absolute atomic E-state index is 11.0. The molecule has 128 valence electrons. The molecule has 1 unspecified atom stereocenters. The number of rotatable bonds is 9. The second kappa shape index (κ2) is 9.68. The molecule has 0 heterocycles. The number of nitrogens with one attached hydrogen (secondary N) is 1. The molecule has 1 aromatic rings. The molecule has 2 rings (SSSR count). The summed E-state index contributed by atoms with van der Waals surface area (Å²) in [6, 6.07) is 8.31. The predicted molar refractivity (Wildman–Crippen MR) is 91.8 cm³/mol. The minimum atomic E-state index is -0.491. The largest absolute Gasteiger partial charge is 0.491 e. The van der Waals surface area contributed by atoms with E-state index in [1.54, 1.807) is 6.92 Å². The summed E-state index contributed by atoms with van der Waals surface area (Å²) in [5.74, 6) is 0.965. The number of aliphatic hydroxyl groups is 1. The summed E-state index contributed by atoms with van der Waals surface area (Å²) in [6.45, 7) is 2.49. The molecule has 0 saturated heterocycles. The van der Waals surface area contributed by atoms with Crippen LogP contribution >= 0.6 is 0 Å². The van der Waals surface area contributed by atoms with E-state index in [1.807, 2.05) is 24.3 Å². The van der Waals surface area contributed by atoms with Crippen molar-refractivity contribution < 1.29 is 14.6 Å². The first-order valence-electron chi connectivity index (χ1n) is 8.76. The van der Waals surface area contributed by atoms with Gasteiger partial charge in [-0.3, -0.25) is 0 Å². The van der Waals surface area contributed by atoms with Crippen molar-refractivity contribution in [2.45, 2.75) is 64.0 Å². The highest BCUT2D eigenvalue weighted by atomic mass is 16.5. The van der Waals surface area contributed by atoms with Gasteiger partial charge in [0.15, 0.2) is 0 Å². The molecule has 1 aliphatic carbocycles. The number of ketones is 1. The molecule has 23 heavy (non-hydrogen) atoms. The fraction of sp³-hybridized carbons (Fsp3) is 0.632. The van der Waals surface area contributed by atoms with Gasteiger partial charge < -0.3 is 20.0 Å². The number of carbonyl (C=O) groups is 1. The Kier molecular flexibility index (Phi) is 7.56. The lowest BCUT2D eigenvalue weighted by atomic mass is 9.95. The molecule has 1 atom stereocenters. The lowest BCUT2D eigenvalue weighted by molar-refractivity contribution is -0.116. The fourth-order valence-electron chi connectivity index (χ4n) is 2.93. The summed E-state index contributed by atoms with van der Waals surface area (Å²) in [4.78, 5) is 11.0. The Bertz CT molecular complexity index is 466. The number of aryl methyl sites for hydroxylation is 1. The molecule has 1 aliphatic rings. The molecule has 1 fully saturated rings. The van der Waals surface area contributed by atoms with Gasteiger partial charge in [-0.15, -0.1) is 0 Å². The van der Waals surface area contributed by atoms with Gasteiger partial charge in [-0.2, -0.15) is 0 Å². The van der Waals surface area contributed by atoms with Crippen LogP contribution in [0.5, 0.6) is 5.75 Å².